The van der Waals surface area contributed by atoms with E-state index < -0.39 is 0 Å². The van der Waals surface area contributed by atoms with Gasteiger partial charge in [-0.25, -0.2) is 4.39 Å². The smallest absolute Gasteiger partial charge is 0.223 e. The maximum Gasteiger partial charge on any atom is 0.223 e. The minimum atomic E-state index is -0.242. The van der Waals surface area contributed by atoms with Crippen molar-refractivity contribution in [2.45, 2.75) is 38.8 Å². The molecule has 32 heavy (non-hydrogen) atoms. The number of nitrogens with zero attached hydrogens (tertiary/aromatic N) is 4. The predicted molar refractivity (Wildman–Crippen MR) is 121 cm³/mol. The van der Waals surface area contributed by atoms with E-state index >= 15 is 0 Å². The van der Waals surface area contributed by atoms with Gasteiger partial charge in [-0.05, 0) is 55.0 Å². The lowest BCUT2D eigenvalue weighted by atomic mass is 10.1. The third-order valence-corrected chi connectivity index (χ3v) is 6.45. The van der Waals surface area contributed by atoms with Gasteiger partial charge < -0.3 is 4.90 Å². The first-order chi connectivity index (χ1) is 15.6. The zero-order valence-electron chi connectivity index (χ0n) is 18.0. The number of benzene rings is 2. The van der Waals surface area contributed by atoms with Gasteiger partial charge in [0.2, 0.25) is 5.91 Å². The van der Waals surface area contributed by atoms with E-state index in [2.05, 4.69) is 40.4 Å². The van der Waals surface area contributed by atoms with E-state index in [1.54, 1.807) is 12.1 Å². The van der Waals surface area contributed by atoms with E-state index in [1.807, 2.05) is 34.2 Å². The van der Waals surface area contributed by atoms with Gasteiger partial charge in [-0.1, -0.05) is 24.3 Å². The van der Waals surface area contributed by atoms with Gasteiger partial charge in [-0.15, -0.1) is 0 Å². The summed E-state index contributed by atoms with van der Waals surface area (Å²) < 4.78 is 15.9. The molecule has 7 heteroatoms. The first kappa shape index (κ1) is 20.4. The fraction of sp³-hybridized carbons (Fsp3) is 0.320. The van der Waals surface area contributed by atoms with Gasteiger partial charge in [-0.2, -0.15) is 10.2 Å². The second-order valence-corrected chi connectivity index (χ2v) is 8.68. The lowest BCUT2D eigenvalue weighted by Gasteiger charge is -2.21. The summed E-state index contributed by atoms with van der Waals surface area (Å²) >= 11 is 0. The highest BCUT2D eigenvalue weighted by Crippen LogP contribution is 2.28. The number of amides is 1. The molecule has 1 saturated heterocycles. The molecule has 1 aliphatic rings. The van der Waals surface area contributed by atoms with Gasteiger partial charge in [0.15, 0.2) is 0 Å². The second kappa shape index (κ2) is 8.57. The van der Waals surface area contributed by atoms with Crippen LogP contribution in [0.3, 0.4) is 0 Å². The summed E-state index contributed by atoms with van der Waals surface area (Å²) in [4.78, 5) is 14.8. The SMILES string of the molecule is C[C@H]1C[C@@H](Cn2ncc3cc(-c4cn[nH]c4)ccc32)CN1C(=O)CCc1ccccc1F. The van der Waals surface area contributed by atoms with Crippen molar-refractivity contribution in [3.63, 3.8) is 0 Å². The number of aromatic nitrogens is 4. The molecular formula is C25H26FN5O. The standard InChI is InChI=1S/C25H26FN5O/c1-17-10-18(15-30(17)25(32)9-7-19-4-2-3-5-23(19)26)16-31-24-8-6-20(11-21(24)14-29-31)22-12-27-28-13-22/h2-6,8,11-14,17-18H,7,9-10,15-16H2,1H3,(H,27,28)/t17-,18+/m0/s1. The van der Waals surface area contributed by atoms with Crippen LogP contribution in [-0.2, 0) is 17.8 Å². The highest BCUT2D eigenvalue weighted by Gasteiger charge is 2.32. The first-order valence-electron chi connectivity index (χ1n) is 11.1. The fourth-order valence-electron chi connectivity index (χ4n) is 4.77. The normalized spacial score (nSPS) is 18.5. The van der Waals surface area contributed by atoms with E-state index in [1.165, 1.54) is 6.07 Å². The van der Waals surface area contributed by atoms with E-state index in [0.29, 0.717) is 30.9 Å². The van der Waals surface area contributed by atoms with Crippen molar-refractivity contribution in [2.24, 2.45) is 5.92 Å². The van der Waals surface area contributed by atoms with Crippen molar-refractivity contribution in [1.29, 1.82) is 0 Å². The number of aromatic amines is 1. The average Bonchev–Trinajstić information content (AvgIpc) is 3.54. The Kier molecular flexibility index (Phi) is 5.47. The number of aryl methyl sites for hydroxylation is 1. The monoisotopic (exact) mass is 431 g/mol. The van der Waals surface area contributed by atoms with Crippen LogP contribution in [0.5, 0.6) is 0 Å². The molecule has 0 bridgehead atoms. The zero-order chi connectivity index (χ0) is 22.1. The minimum Gasteiger partial charge on any atom is -0.340 e. The Hall–Kier alpha value is -3.48. The van der Waals surface area contributed by atoms with Crippen molar-refractivity contribution in [1.82, 2.24) is 24.9 Å². The number of fused-ring (bicyclic) bond motifs is 1. The summed E-state index contributed by atoms with van der Waals surface area (Å²) in [5, 5.41) is 12.6. The van der Waals surface area contributed by atoms with Crippen LogP contribution in [0, 0.1) is 11.7 Å². The van der Waals surface area contributed by atoms with E-state index in [-0.39, 0.29) is 17.8 Å². The number of rotatable bonds is 6. The van der Waals surface area contributed by atoms with Gasteiger partial charge in [0.05, 0.1) is 17.9 Å². The van der Waals surface area contributed by atoms with Gasteiger partial charge in [0, 0.05) is 42.7 Å². The van der Waals surface area contributed by atoms with Crippen molar-refractivity contribution >= 4 is 16.8 Å². The van der Waals surface area contributed by atoms with Crippen LogP contribution in [-0.4, -0.2) is 43.4 Å². The average molecular weight is 432 g/mol. The molecule has 6 nitrogen and oxygen atoms in total. The topological polar surface area (TPSA) is 66.8 Å². The molecule has 2 aromatic carbocycles. The number of carbonyl (C=O) groups is 1. The molecule has 3 heterocycles. The molecule has 164 valence electrons. The first-order valence-corrected chi connectivity index (χ1v) is 11.1. The van der Waals surface area contributed by atoms with E-state index in [4.69, 9.17) is 0 Å². The molecule has 2 aromatic heterocycles. The number of hydrogen-bond acceptors (Lipinski definition) is 3. The predicted octanol–water partition coefficient (Wildman–Crippen LogP) is 4.44. The number of likely N-dealkylation sites (tertiary alicyclic amines) is 1. The minimum absolute atomic E-state index is 0.0957. The summed E-state index contributed by atoms with van der Waals surface area (Å²) in [6, 6.07) is 13.2. The summed E-state index contributed by atoms with van der Waals surface area (Å²) in [6.45, 7) is 3.58. The van der Waals surface area contributed by atoms with Crippen molar-refractivity contribution in [3.8, 4) is 11.1 Å². The molecular weight excluding hydrogens is 405 g/mol. The Morgan fingerprint density at radius 1 is 1.19 bits per heavy atom. The maximum atomic E-state index is 13.9. The number of H-pyrrole nitrogens is 1. The third kappa shape index (κ3) is 4.02. The van der Waals surface area contributed by atoms with Crippen LogP contribution >= 0.6 is 0 Å². The van der Waals surface area contributed by atoms with Crippen LogP contribution in [0.2, 0.25) is 0 Å². The third-order valence-electron chi connectivity index (χ3n) is 6.45. The second-order valence-electron chi connectivity index (χ2n) is 8.68. The lowest BCUT2D eigenvalue weighted by Crippen LogP contribution is -2.34. The highest BCUT2D eigenvalue weighted by molar-refractivity contribution is 5.84. The summed E-state index contributed by atoms with van der Waals surface area (Å²) in [6.07, 6.45) is 7.29. The zero-order valence-corrected chi connectivity index (χ0v) is 18.0. The highest BCUT2D eigenvalue weighted by atomic mass is 19.1. The molecule has 0 aliphatic carbocycles. The Bertz CT molecular complexity index is 1230. The van der Waals surface area contributed by atoms with Crippen LogP contribution in [0.1, 0.15) is 25.3 Å². The van der Waals surface area contributed by atoms with Crippen LogP contribution < -0.4 is 0 Å². The maximum absolute atomic E-state index is 13.9. The Morgan fingerprint density at radius 3 is 2.88 bits per heavy atom. The molecule has 0 radical (unpaired) electrons. The molecule has 1 N–H and O–H groups in total. The van der Waals surface area contributed by atoms with Crippen molar-refractivity contribution < 1.29 is 9.18 Å². The Balaban J connectivity index is 1.23. The van der Waals surface area contributed by atoms with Gasteiger partial charge in [0.1, 0.15) is 5.82 Å². The summed E-state index contributed by atoms with van der Waals surface area (Å²) in [5.41, 5.74) is 3.84. The number of nitrogens with one attached hydrogen (secondary N) is 1. The molecule has 0 saturated carbocycles. The Labute approximate surface area is 186 Å². The van der Waals surface area contributed by atoms with Gasteiger partial charge in [-0.3, -0.25) is 14.6 Å². The van der Waals surface area contributed by atoms with Crippen molar-refractivity contribution in [3.05, 3.63) is 72.4 Å². The number of hydrogen-bond donors (Lipinski definition) is 1. The summed E-state index contributed by atoms with van der Waals surface area (Å²) in [7, 11) is 0. The lowest BCUT2D eigenvalue weighted by molar-refractivity contribution is -0.131. The quantitative estimate of drug-likeness (QED) is 0.491. The van der Waals surface area contributed by atoms with E-state index in [9.17, 15) is 9.18 Å². The molecule has 1 aliphatic heterocycles. The molecule has 0 spiro atoms. The van der Waals surface area contributed by atoms with Crippen molar-refractivity contribution in [2.75, 3.05) is 6.54 Å². The molecule has 5 rings (SSSR count). The number of halogens is 1. The molecule has 2 atom stereocenters. The molecule has 1 fully saturated rings. The number of carbonyl (C=O) groups excluding carboxylic acids is 1. The fourth-order valence-corrected chi connectivity index (χ4v) is 4.77. The van der Waals surface area contributed by atoms with Gasteiger partial charge >= 0.3 is 0 Å². The largest absolute Gasteiger partial charge is 0.340 e. The van der Waals surface area contributed by atoms with Crippen LogP contribution in [0.25, 0.3) is 22.0 Å². The summed E-state index contributed by atoms with van der Waals surface area (Å²) in [5.74, 6) is 0.200. The molecule has 1 amide bonds. The Morgan fingerprint density at radius 2 is 2.06 bits per heavy atom. The van der Waals surface area contributed by atoms with Crippen LogP contribution in [0.4, 0.5) is 4.39 Å². The van der Waals surface area contributed by atoms with Crippen LogP contribution in [0.15, 0.2) is 61.1 Å². The molecule has 0 unspecified atom stereocenters. The van der Waals surface area contributed by atoms with Gasteiger partial charge in [0.25, 0.3) is 0 Å². The molecule has 4 aromatic rings. The van der Waals surface area contributed by atoms with E-state index in [0.717, 1.165) is 35.0 Å².